The molecular formula is C18H23N3O3. The number of hydrogen-bond acceptors (Lipinski definition) is 4. The molecule has 0 bridgehead atoms. The minimum absolute atomic E-state index is 0.0178. The highest BCUT2D eigenvalue weighted by Crippen LogP contribution is 2.33. The van der Waals surface area contributed by atoms with Crippen LogP contribution in [0.25, 0.3) is 0 Å². The summed E-state index contributed by atoms with van der Waals surface area (Å²) in [5.74, 6) is 0.836. The summed E-state index contributed by atoms with van der Waals surface area (Å²) in [6, 6.07) is 9.62. The zero-order chi connectivity index (χ0) is 16.9. The van der Waals surface area contributed by atoms with Crippen LogP contribution in [-0.2, 0) is 16.6 Å². The molecule has 2 aromatic rings. The minimum Gasteiger partial charge on any atom is -0.484 e. The zero-order valence-electron chi connectivity index (χ0n) is 14.1. The van der Waals surface area contributed by atoms with Gasteiger partial charge in [-0.25, -0.2) is 0 Å². The van der Waals surface area contributed by atoms with Crippen molar-refractivity contribution < 1.29 is 14.3 Å². The van der Waals surface area contributed by atoms with Gasteiger partial charge in [-0.2, -0.15) is 5.10 Å². The maximum absolute atomic E-state index is 12.0. The first-order valence-electron chi connectivity index (χ1n) is 8.19. The first kappa shape index (κ1) is 16.5. The molecule has 1 aliphatic rings. The van der Waals surface area contributed by atoms with Gasteiger partial charge in [0.25, 0.3) is 5.91 Å². The number of carbonyl (C=O) groups is 1. The van der Waals surface area contributed by atoms with Crippen molar-refractivity contribution in [2.75, 3.05) is 19.8 Å². The van der Waals surface area contributed by atoms with Crippen molar-refractivity contribution in [1.82, 2.24) is 15.1 Å². The molecule has 1 N–H and O–H groups in total. The SMILES string of the molecule is Cc1ccc(OCC(=O)NC[C@@H]2CCO[C@H]2c2ccnn2C)cc1. The van der Waals surface area contributed by atoms with Crippen molar-refractivity contribution in [2.45, 2.75) is 19.4 Å². The maximum atomic E-state index is 12.0. The fraction of sp³-hybridized carbons (Fsp3) is 0.444. The molecular weight excluding hydrogens is 306 g/mol. The van der Waals surface area contributed by atoms with Crippen LogP contribution in [0.1, 0.15) is 23.8 Å². The van der Waals surface area contributed by atoms with Gasteiger partial charge >= 0.3 is 0 Å². The molecule has 0 unspecified atom stereocenters. The summed E-state index contributed by atoms with van der Waals surface area (Å²) in [7, 11) is 1.90. The Balaban J connectivity index is 1.47. The highest BCUT2D eigenvalue weighted by atomic mass is 16.5. The number of amides is 1. The zero-order valence-corrected chi connectivity index (χ0v) is 14.1. The fourth-order valence-electron chi connectivity index (χ4n) is 2.91. The van der Waals surface area contributed by atoms with Gasteiger partial charge in [0, 0.05) is 32.3 Å². The monoisotopic (exact) mass is 329 g/mol. The van der Waals surface area contributed by atoms with E-state index in [0.717, 1.165) is 17.7 Å². The Morgan fingerprint density at radius 3 is 2.88 bits per heavy atom. The second-order valence-electron chi connectivity index (χ2n) is 6.13. The third-order valence-electron chi connectivity index (χ3n) is 4.32. The van der Waals surface area contributed by atoms with Crippen molar-refractivity contribution in [1.29, 1.82) is 0 Å². The molecule has 0 aliphatic carbocycles. The van der Waals surface area contributed by atoms with Crippen LogP contribution in [0.15, 0.2) is 36.5 Å². The number of carbonyl (C=O) groups excluding carboxylic acids is 1. The molecule has 2 heterocycles. The standard InChI is InChI=1S/C18H23N3O3/c1-13-3-5-15(6-4-13)24-12-17(22)19-11-14-8-10-23-18(14)16-7-9-20-21(16)2/h3-7,9,14,18H,8,10-12H2,1-2H3,(H,19,22)/t14-,18+/m0/s1. The Bertz CT molecular complexity index is 681. The van der Waals surface area contributed by atoms with Gasteiger partial charge in [-0.05, 0) is 31.5 Å². The molecule has 1 fully saturated rings. The van der Waals surface area contributed by atoms with Gasteiger partial charge in [-0.3, -0.25) is 9.48 Å². The summed E-state index contributed by atoms with van der Waals surface area (Å²) in [5, 5.41) is 7.13. The maximum Gasteiger partial charge on any atom is 0.257 e. The van der Waals surface area contributed by atoms with Crippen LogP contribution in [-0.4, -0.2) is 35.4 Å². The van der Waals surface area contributed by atoms with Crippen LogP contribution >= 0.6 is 0 Å². The van der Waals surface area contributed by atoms with Crippen LogP contribution in [0, 0.1) is 12.8 Å². The van der Waals surface area contributed by atoms with E-state index in [1.807, 2.05) is 49.0 Å². The number of ether oxygens (including phenoxy) is 2. The summed E-state index contributed by atoms with van der Waals surface area (Å²) in [5.41, 5.74) is 2.21. The lowest BCUT2D eigenvalue weighted by Gasteiger charge is -2.19. The van der Waals surface area contributed by atoms with Crippen molar-refractivity contribution in [3.05, 3.63) is 47.8 Å². The number of benzene rings is 1. The number of hydrogen-bond donors (Lipinski definition) is 1. The summed E-state index contributed by atoms with van der Waals surface area (Å²) in [6.45, 7) is 3.31. The number of aromatic nitrogens is 2. The van der Waals surface area contributed by atoms with E-state index in [9.17, 15) is 4.79 Å². The quantitative estimate of drug-likeness (QED) is 0.880. The highest BCUT2D eigenvalue weighted by Gasteiger charge is 2.31. The van der Waals surface area contributed by atoms with E-state index in [4.69, 9.17) is 9.47 Å². The molecule has 2 atom stereocenters. The Kier molecular flexibility index (Phi) is 5.15. The Labute approximate surface area is 141 Å². The molecule has 24 heavy (non-hydrogen) atoms. The summed E-state index contributed by atoms with van der Waals surface area (Å²) in [6.07, 6.45) is 2.67. The van der Waals surface area contributed by atoms with Crippen molar-refractivity contribution >= 4 is 5.91 Å². The predicted octanol–water partition coefficient (Wildman–Crippen LogP) is 2.00. The summed E-state index contributed by atoms with van der Waals surface area (Å²) < 4.78 is 13.1. The Hall–Kier alpha value is -2.34. The molecule has 3 rings (SSSR count). The van der Waals surface area contributed by atoms with Crippen molar-refractivity contribution in [2.24, 2.45) is 13.0 Å². The molecule has 0 saturated carbocycles. The molecule has 0 spiro atoms. The largest absolute Gasteiger partial charge is 0.484 e. The van der Waals surface area contributed by atoms with Gasteiger partial charge in [-0.1, -0.05) is 17.7 Å². The van der Waals surface area contributed by atoms with Crippen LogP contribution in [0.2, 0.25) is 0 Å². The third-order valence-corrected chi connectivity index (χ3v) is 4.32. The molecule has 0 radical (unpaired) electrons. The molecule has 6 nitrogen and oxygen atoms in total. The van der Waals surface area contributed by atoms with Crippen LogP contribution in [0.5, 0.6) is 5.75 Å². The van der Waals surface area contributed by atoms with E-state index in [1.54, 1.807) is 6.20 Å². The molecule has 1 amide bonds. The lowest BCUT2D eigenvalue weighted by atomic mass is 9.99. The second-order valence-corrected chi connectivity index (χ2v) is 6.13. The number of aryl methyl sites for hydroxylation is 2. The van der Waals surface area contributed by atoms with Crippen LogP contribution in [0.3, 0.4) is 0 Å². The minimum atomic E-state index is -0.119. The number of nitrogens with one attached hydrogen (secondary N) is 1. The first-order chi connectivity index (χ1) is 11.6. The van der Waals surface area contributed by atoms with E-state index in [0.29, 0.717) is 18.9 Å². The van der Waals surface area contributed by atoms with Crippen LogP contribution < -0.4 is 10.1 Å². The van der Waals surface area contributed by atoms with Crippen LogP contribution in [0.4, 0.5) is 0 Å². The van der Waals surface area contributed by atoms with E-state index in [1.165, 1.54) is 0 Å². The fourth-order valence-corrected chi connectivity index (χ4v) is 2.91. The molecule has 1 aromatic carbocycles. The predicted molar refractivity (Wildman–Crippen MR) is 89.7 cm³/mol. The van der Waals surface area contributed by atoms with Gasteiger partial charge < -0.3 is 14.8 Å². The number of rotatable bonds is 6. The summed E-state index contributed by atoms with van der Waals surface area (Å²) in [4.78, 5) is 12.0. The first-order valence-corrected chi connectivity index (χ1v) is 8.19. The average molecular weight is 329 g/mol. The highest BCUT2D eigenvalue weighted by molar-refractivity contribution is 5.77. The molecule has 1 aliphatic heterocycles. The van der Waals surface area contributed by atoms with Gasteiger partial charge in [0.15, 0.2) is 6.61 Å². The van der Waals surface area contributed by atoms with E-state index >= 15 is 0 Å². The van der Waals surface area contributed by atoms with E-state index in [-0.39, 0.29) is 24.5 Å². The van der Waals surface area contributed by atoms with Crippen molar-refractivity contribution in [3.8, 4) is 5.75 Å². The van der Waals surface area contributed by atoms with Crippen molar-refractivity contribution in [3.63, 3.8) is 0 Å². The van der Waals surface area contributed by atoms with Gasteiger partial charge in [-0.15, -0.1) is 0 Å². The van der Waals surface area contributed by atoms with Gasteiger partial charge in [0.05, 0.1) is 5.69 Å². The van der Waals surface area contributed by atoms with Gasteiger partial charge in [0.1, 0.15) is 11.9 Å². The Morgan fingerprint density at radius 2 is 2.17 bits per heavy atom. The van der Waals surface area contributed by atoms with E-state index in [2.05, 4.69) is 10.4 Å². The second kappa shape index (κ2) is 7.49. The summed E-state index contributed by atoms with van der Waals surface area (Å²) >= 11 is 0. The topological polar surface area (TPSA) is 65.4 Å². The Morgan fingerprint density at radius 1 is 1.38 bits per heavy atom. The third kappa shape index (κ3) is 3.94. The number of nitrogens with zero attached hydrogens (tertiary/aromatic N) is 2. The molecule has 128 valence electrons. The molecule has 1 aromatic heterocycles. The lowest BCUT2D eigenvalue weighted by molar-refractivity contribution is -0.123. The molecule has 6 heteroatoms. The normalized spacial score (nSPS) is 20.1. The van der Waals surface area contributed by atoms with E-state index < -0.39 is 0 Å². The van der Waals surface area contributed by atoms with Gasteiger partial charge in [0.2, 0.25) is 0 Å². The average Bonchev–Trinajstić information content (AvgIpc) is 3.20. The lowest BCUT2D eigenvalue weighted by Crippen LogP contribution is -2.34. The molecule has 1 saturated heterocycles. The smallest absolute Gasteiger partial charge is 0.257 e.